The number of hydrogen-bond acceptors (Lipinski definition) is 5. The Hall–Kier alpha value is -3.55. The van der Waals surface area contributed by atoms with E-state index in [0.717, 1.165) is 38.0 Å². The van der Waals surface area contributed by atoms with Crippen LogP contribution in [0.3, 0.4) is 0 Å². The normalized spacial score (nSPS) is 16.3. The molecular weight excluding hydrogens is 545 g/mol. The van der Waals surface area contributed by atoms with Gasteiger partial charge in [0.2, 0.25) is 5.90 Å². The molecule has 1 heterocycles. The predicted octanol–water partition coefficient (Wildman–Crippen LogP) is 7.71. The Bertz CT molecular complexity index is 1280. The summed E-state index contributed by atoms with van der Waals surface area (Å²) in [6.45, 7) is 8.07. The molecule has 0 aromatic heterocycles. The molecule has 3 aromatic carbocycles. The first-order valence-electron chi connectivity index (χ1n) is 13.6. The molecule has 215 valence electrons. The topological polar surface area (TPSA) is 89.6 Å². The fraction of sp³-hybridized carbons (Fsp3) is 0.333. The molecular formula is C33H41CoN3O3. The van der Waals surface area contributed by atoms with E-state index in [1.165, 1.54) is 28.7 Å². The third-order valence-corrected chi connectivity index (χ3v) is 7.05. The minimum atomic E-state index is -0.443. The van der Waals surface area contributed by atoms with Gasteiger partial charge in [-0.05, 0) is 74.2 Å². The maximum atomic E-state index is 9.11. The average molecular weight is 587 g/mol. The van der Waals surface area contributed by atoms with Crippen LogP contribution >= 0.6 is 0 Å². The van der Waals surface area contributed by atoms with Crippen LogP contribution in [0.15, 0.2) is 84.6 Å². The first-order chi connectivity index (χ1) is 18.9. The van der Waals surface area contributed by atoms with E-state index in [2.05, 4.69) is 62.1 Å². The van der Waals surface area contributed by atoms with Crippen molar-refractivity contribution in [2.24, 2.45) is 0 Å². The standard InChI is InChI=1S/C21H24N2O.C12H17NO2.Co/c1-4-23-19-11-10-17(24-3)14-18(19)21(2,20(23)12-13-22)15-16-8-6-5-7-9-16;1-2-3-6-9-15-11-8-5-4-7-10(11)12(13)14;/h5-14,22H,4,15H2,1-3H3;4-5,7-8H,2-3,6,9H2,1H3,(H2,13,14);/b20-12-,22-13?;;. The van der Waals surface area contributed by atoms with Crippen LogP contribution in [-0.2, 0) is 28.6 Å². The smallest absolute Gasteiger partial charge is 0.214 e. The van der Waals surface area contributed by atoms with Crippen LogP contribution in [0.5, 0.6) is 11.5 Å². The summed E-state index contributed by atoms with van der Waals surface area (Å²) in [4.78, 5) is 2.31. The number of rotatable bonds is 11. The number of para-hydroxylation sites is 1. The number of likely N-dealkylation sites (N-methyl/N-ethyl adjacent to an activating group) is 1. The van der Waals surface area contributed by atoms with Gasteiger partial charge in [0.15, 0.2) is 0 Å². The summed E-state index contributed by atoms with van der Waals surface area (Å²) in [5.41, 5.74) is 5.22. The SMILES string of the molecule is CCCCCOc1ccccc1C(=N)O.CCN1/C(=C\C=N)C(C)(Cc2ccccc2)c2cc(OC)ccc21.[Co]. The maximum absolute atomic E-state index is 9.11. The van der Waals surface area contributed by atoms with Gasteiger partial charge >= 0.3 is 0 Å². The van der Waals surface area contributed by atoms with E-state index in [4.69, 9.17) is 25.4 Å². The Morgan fingerprint density at radius 2 is 1.70 bits per heavy atom. The number of aliphatic hydroxyl groups is 1. The zero-order chi connectivity index (χ0) is 28.3. The third-order valence-electron chi connectivity index (χ3n) is 7.05. The van der Waals surface area contributed by atoms with Gasteiger partial charge in [0.05, 0.1) is 19.3 Å². The van der Waals surface area contributed by atoms with Crippen molar-refractivity contribution >= 4 is 17.8 Å². The predicted molar refractivity (Wildman–Crippen MR) is 161 cm³/mol. The molecule has 0 bridgehead atoms. The zero-order valence-corrected chi connectivity index (χ0v) is 24.9. The molecule has 3 N–H and O–H groups in total. The molecule has 0 saturated heterocycles. The van der Waals surface area contributed by atoms with Crippen molar-refractivity contribution in [2.75, 3.05) is 25.2 Å². The third kappa shape index (κ3) is 7.76. The van der Waals surface area contributed by atoms with Gasteiger partial charge in [-0.25, -0.2) is 0 Å². The molecule has 0 aliphatic carbocycles. The van der Waals surface area contributed by atoms with E-state index in [9.17, 15) is 0 Å². The van der Waals surface area contributed by atoms with Crippen molar-refractivity contribution in [1.82, 2.24) is 0 Å². The van der Waals surface area contributed by atoms with Crippen LogP contribution in [0.1, 0.15) is 56.7 Å². The first kappa shape index (κ1) is 32.7. The van der Waals surface area contributed by atoms with Crippen molar-refractivity contribution in [1.29, 1.82) is 10.8 Å². The van der Waals surface area contributed by atoms with Gasteiger partial charge in [-0.15, -0.1) is 0 Å². The van der Waals surface area contributed by atoms with Crippen LogP contribution < -0.4 is 14.4 Å². The second kappa shape index (κ2) is 15.9. The molecule has 4 rings (SSSR count). The molecule has 1 unspecified atom stereocenters. The second-order valence-electron chi connectivity index (χ2n) is 9.74. The molecule has 1 aliphatic heterocycles. The van der Waals surface area contributed by atoms with Crippen molar-refractivity contribution in [3.63, 3.8) is 0 Å². The van der Waals surface area contributed by atoms with Crippen molar-refractivity contribution in [2.45, 2.75) is 51.9 Å². The van der Waals surface area contributed by atoms with Gasteiger partial charge in [-0.3, -0.25) is 5.41 Å². The fourth-order valence-corrected chi connectivity index (χ4v) is 5.09. The molecule has 1 atom stereocenters. The number of fused-ring (bicyclic) bond motifs is 1. The van der Waals surface area contributed by atoms with E-state index in [0.29, 0.717) is 17.9 Å². The fourth-order valence-electron chi connectivity index (χ4n) is 5.09. The Morgan fingerprint density at radius 1 is 1.00 bits per heavy atom. The number of allylic oxidation sites excluding steroid dienone is 2. The van der Waals surface area contributed by atoms with E-state index in [1.54, 1.807) is 25.3 Å². The van der Waals surface area contributed by atoms with Gasteiger partial charge in [0.25, 0.3) is 0 Å². The molecule has 0 amide bonds. The zero-order valence-electron chi connectivity index (χ0n) is 23.9. The summed E-state index contributed by atoms with van der Waals surface area (Å²) >= 11 is 0. The van der Waals surface area contributed by atoms with Gasteiger partial charge in [-0.2, -0.15) is 0 Å². The van der Waals surface area contributed by atoms with Gasteiger partial charge in [0, 0.05) is 46.3 Å². The summed E-state index contributed by atoms with van der Waals surface area (Å²) in [5, 5.41) is 23.9. The quantitative estimate of drug-likeness (QED) is 0.122. The van der Waals surface area contributed by atoms with E-state index >= 15 is 0 Å². The van der Waals surface area contributed by atoms with Crippen LogP contribution in [0.2, 0.25) is 0 Å². The minimum Gasteiger partial charge on any atom is -0.497 e. The molecule has 3 aromatic rings. The number of unbranched alkanes of at least 4 members (excludes halogenated alkanes) is 2. The summed E-state index contributed by atoms with van der Waals surface area (Å²) in [7, 11) is 1.71. The summed E-state index contributed by atoms with van der Waals surface area (Å²) in [6.07, 6.45) is 7.51. The molecule has 7 heteroatoms. The van der Waals surface area contributed by atoms with Gasteiger partial charge in [-0.1, -0.05) is 62.2 Å². The Morgan fingerprint density at radius 3 is 2.33 bits per heavy atom. The Labute approximate surface area is 249 Å². The number of hydrogen-bond donors (Lipinski definition) is 3. The monoisotopic (exact) mass is 586 g/mol. The van der Waals surface area contributed by atoms with Crippen LogP contribution in [-0.4, -0.2) is 37.5 Å². The molecule has 40 heavy (non-hydrogen) atoms. The molecule has 0 spiro atoms. The largest absolute Gasteiger partial charge is 0.497 e. The van der Waals surface area contributed by atoms with E-state index in [-0.39, 0.29) is 22.2 Å². The number of anilines is 1. The van der Waals surface area contributed by atoms with Gasteiger partial charge < -0.3 is 24.9 Å². The van der Waals surface area contributed by atoms with Crippen molar-refractivity contribution in [3.8, 4) is 11.5 Å². The first-order valence-corrected chi connectivity index (χ1v) is 13.6. The number of ether oxygens (including phenoxy) is 2. The summed E-state index contributed by atoms with van der Waals surface area (Å²) in [5.74, 6) is 1.02. The van der Waals surface area contributed by atoms with E-state index < -0.39 is 5.90 Å². The Kier molecular flexibility index (Phi) is 13.0. The number of methoxy groups -OCH3 is 1. The van der Waals surface area contributed by atoms with Crippen molar-refractivity contribution < 1.29 is 31.4 Å². The van der Waals surface area contributed by atoms with E-state index in [1.807, 2.05) is 24.3 Å². The number of aliphatic hydroxyl groups excluding tert-OH is 1. The van der Waals surface area contributed by atoms with Crippen molar-refractivity contribution in [3.05, 3.63) is 101 Å². The van der Waals surface area contributed by atoms with Crippen LogP contribution in [0, 0.1) is 10.8 Å². The number of benzene rings is 3. The van der Waals surface area contributed by atoms with Crippen LogP contribution in [0.25, 0.3) is 0 Å². The molecule has 1 aliphatic rings. The minimum absolute atomic E-state index is 0. The molecule has 0 saturated carbocycles. The summed E-state index contributed by atoms with van der Waals surface area (Å²) < 4.78 is 11.0. The molecule has 1 radical (unpaired) electrons. The Balaban J connectivity index is 0.000000304. The summed E-state index contributed by atoms with van der Waals surface area (Å²) in [6, 6.07) is 23.9. The van der Waals surface area contributed by atoms with Gasteiger partial charge in [0.1, 0.15) is 11.5 Å². The maximum Gasteiger partial charge on any atom is 0.214 e. The average Bonchev–Trinajstić information content (AvgIpc) is 3.18. The second-order valence-corrected chi connectivity index (χ2v) is 9.74. The molecule has 0 fully saturated rings. The number of nitrogens with one attached hydrogen (secondary N) is 2. The molecule has 6 nitrogen and oxygen atoms in total. The number of nitrogens with zero attached hydrogens (tertiary/aromatic N) is 1. The van der Waals surface area contributed by atoms with Crippen LogP contribution in [0.4, 0.5) is 5.69 Å².